The number of fused-ring (bicyclic) bond motifs is 1. The highest BCUT2D eigenvalue weighted by atomic mass is 16.5. The summed E-state index contributed by atoms with van der Waals surface area (Å²) in [6.45, 7) is 1.92. The lowest BCUT2D eigenvalue weighted by Crippen LogP contribution is -2.08. The molecule has 0 amide bonds. The number of benzene rings is 1. The molecule has 0 aliphatic heterocycles. The van der Waals surface area contributed by atoms with E-state index in [1.54, 1.807) is 25.0 Å². The molecule has 1 aromatic heterocycles. The van der Waals surface area contributed by atoms with Gasteiger partial charge in [-0.1, -0.05) is 6.07 Å². The van der Waals surface area contributed by atoms with Gasteiger partial charge < -0.3 is 4.74 Å². The van der Waals surface area contributed by atoms with Gasteiger partial charge in [0.15, 0.2) is 0 Å². The summed E-state index contributed by atoms with van der Waals surface area (Å²) in [5, 5.41) is 5.28. The van der Waals surface area contributed by atoms with Crippen molar-refractivity contribution in [1.29, 1.82) is 0 Å². The Labute approximate surface area is 88.2 Å². The van der Waals surface area contributed by atoms with Gasteiger partial charge in [-0.25, -0.2) is 4.68 Å². The van der Waals surface area contributed by atoms with Crippen molar-refractivity contribution in [1.82, 2.24) is 9.78 Å². The second-order valence-corrected chi connectivity index (χ2v) is 3.22. The predicted octanol–water partition coefficient (Wildman–Crippen LogP) is 1.94. The Morgan fingerprint density at radius 3 is 2.93 bits per heavy atom. The first kappa shape index (κ1) is 9.71. The Morgan fingerprint density at radius 1 is 1.47 bits per heavy atom. The predicted molar refractivity (Wildman–Crippen MR) is 60.7 cm³/mol. The monoisotopic (exact) mass is 203 g/mol. The largest absolute Gasteiger partial charge is 0.496 e. The molecule has 15 heavy (non-hydrogen) atoms. The summed E-state index contributed by atoms with van der Waals surface area (Å²) in [6.07, 6.45) is 1.79. The van der Waals surface area contributed by atoms with Crippen molar-refractivity contribution in [2.45, 2.75) is 6.92 Å². The smallest absolute Gasteiger partial charge is 0.129 e. The Hall–Kier alpha value is -1.84. The molecular formula is C11H13N3O. The van der Waals surface area contributed by atoms with Crippen LogP contribution in [0.5, 0.6) is 5.75 Å². The van der Waals surface area contributed by atoms with Crippen molar-refractivity contribution >= 4 is 16.7 Å². The number of aromatic nitrogens is 2. The first-order valence-corrected chi connectivity index (χ1v) is 4.72. The average Bonchev–Trinajstić information content (AvgIpc) is 2.71. The number of aliphatic imine (C=N–C) groups is 1. The maximum atomic E-state index is 5.26. The molecule has 0 radical (unpaired) electrons. The Kier molecular flexibility index (Phi) is 2.41. The molecule has 0 spiro atoms. The highest BCUT2D eigenvalue weighted by Gasteiger charge is 2.07. The van der Waals surface area contributed by atoms with E-state index in [1.807, 2.05) is 25.1 Å². The molecule has 0 saturated carbocycles. The number of hydrogen-bond acceptors (Lipinski definition) is 3. The molecule has 0 atom stereocenters. The summed E-state index contributed by atoms with van der Waals surface area (Å²) in [6, 6.07) is 5.87. The Morgan fingerprint density at radius 2 is 2.27 bits per heavy atom. The van der Waals surface area contributed by atoms with Gasteiger partial charge in [-0.3, -0.25) is 4.99 Å². The number of ether oxygens (including phenoxy) is 1. The van der Waals surface area contributed by atoms with E-state index in [-0.39, 0.29) is 0 Å². The van der Waals surface area contributed by atoms with Gasteiger partial charge in [0.2, 0.25) is 0 Å². The third-order valence-electron chi connectivity index (χ3n) is 2.42. The van der Waals surface area contributed by atoms with Crippen LogP contribution < -0.4 is 4.74 Å². The van der Waals surface area contributed by atoms with E-state index in [9.17, 15) is 0 Å². The Bertz CT molecular complexity index is 514. The fourth-order valence-corrected chi connectivity index (χ4v) is 1.56. The molecule has 0 aliphatic carbocycles. The zero-order valence-corrected chi connectivity index (χ0v) is 9.06. The molecule has 0 aliphatic rings. The van der Waals surface area contributed by atoms with Crippen molar-refractivity contribution in [3.8, 4) is 5.75 Å². The molecule has 2 rings (SSSR count). The van der Waals surface area contributed by atoms with Gasteiger partial charge in [0.05, 0.1) is 24.2 Å². The molecule has 0 N–H and O–H groups in total. The minimum atomic E-state index is 0.836. The van der Waals surface area contributed by atoms with E-state index in [0.29, 0.717) is 0 Å². The van der Waals surface area contributed by atoms with Crippen molar-refractivity contribution in [2.75, 3.05) is 14.2 Å². The van der Waals surface area contributed by atoms with Crippen LogP contribution in [0.3, 0.4) is 0 Å². The summed E-state index contributed by atoms with van der Waals surface area (Å²) >= 11 is 0. The number of methoxy groups -OCH3 is 1. The standard InChI is InChI=1S/C11H13N3O/c1-8(12-2)14-10-5-4-6-11(15-3)9(10)7-13-14/h4-7H,1-3H3. The van der Waals surface area contributed by atoms with Gasteiger partial charge in [0.1, 0.15) is 11.6 Å². The van der Waals surface area contributed by atoms with E-state index < -0.39 is 0 Å². The van der Waals surface area contributed by atoms with Gasteiger partial charge >= 0.3 is 0 Å². The average molecular weight is 203 g/mol. The zero-order chi connectivity index (χ0) is 10.8. The zero-order valence-electron chi connectivity index (χ0n) is 9.06. The molecule has 78 valence electrons. The molecule has 4 heteroatoms. The van der Waals surface area contributed by atoms with Gasteiger partial charge in [-0.2, -0.15) is 5.10 Å². The summed E-state index contributed by atoms with van der Waals surface area (Å²) in [5.74, 6) is 1.70. The quantitative estimate of drug-likeness (QED) is 0.525. The third-order valence-corrected chi connectivity index (χ3v) is 2.42. The minimum absolute atomic E-state index is 0.836. The highest BCUT2D eigenvalue weighted by molar-refractivity contribution is 5.94. The number of rotatable bonds is 1. The molecule has 0 unspecified atom stereocenters. The summed E-state index contributed by atoms with van der Waals surface area (Å²) in [4.78, 5) is 4.11. The molecule has 4 nitrogen and oxygen atoms in total. The molecule has 1 heterocycles. The van der Waals surface area contributed by atoms with Crippen LogP contribution in [0.2, 0.25) is 0 Å². The third kappa shape index (κ3) is 1.48. The lowest BCUT2D eigenvalue weighted by Gasteiger charge is -2.03. The van der Waals surface area contributed by atoms with Crippen LogP contribution in [0.25, 0.3) is 10.9 Å². The highest BCUT2D eigenvalue weighted by Crippen LogP contribution is 2.24. The molecule has 2 aromatic rings. The van der Waals surface area contributed by atoms with Crippen LogP contribution >= 0.6 is 0 Å². The maximum Gasteiger partial charge on any atom is 0.129 e. The fourth-order valence-electron chi connectivity index (χ4n) is 1.56. The molecule has 1 aromatic carbocycles. The summed E-state index contributed by atoms with van der Waals surface area (Å²) < 4.78 is 7.06. The first-order valence-electron chi connectivity index (χ1n) is 4.72. The van der Waals surface area contributed by atoms with Gasteiger partial charge in [0, 0.05) is 7.05 Å². The first-order chi connectivity index (χ1) is 7.27. The van der Waals surface area contributed by atoms with Crippen molar-refractivity contribution < 1.29 is 4.74 Å². The van der Waals surface area contributed by atoms with Gasteiger partial charge in [-0.05, 0) is 19.1 Å². The second-order valence-electron chi connectivity index (χ2n) is 3.22. The van der Waals surface area contributed by atoms with Crippen molar-refractivity contribution in [3.05, 3.63) is 24.4 Å². The maximum absolute atomic E-state index is 5.26. The van der Waals surface area contributed by atoms with E-state index in [2.05, 4.69) is 10.1 Å². The van der Waals surface area contributed by atoms with Crippen LogP contribution in [0.15, 0.2) is 29.4 Å². The van der Waals surface area contributed by atoms with Crippen LogP contribution in [-0.4, -0.2) is 29.8 Å². The Balaban J connectivity index is 2.71. The van der Waals surface area contributed by atoms with Gasteiger partial charge in [-0.15, -0.1) is 0 Å². The topological polar surface area (TPSA) is 39.4 Å². The van der Waals surface area contributed by atoms with E-state index in [1.165, 1.54) is 0 Å². The normalized spacial score (nSPS) is 12.1. The minimum Gasteiger partial charge on any atom is -0.496 e. The van der Waals surface area contributed by atoms with Crippen LogP contribution in [-0.2, 0) is 0 Å². The van der Waals surface area contributed by atoms with E-state index >= 15 is 0 Å². The SMILES string of the molecule is CN=C(C)n1ncc2c(OC)cccc21. The van der Waals surface area contributed by atoms with Gasteiger partial charge in [0.25, 0.3) is 0 Å². The molecule has 0 saturated heterocycles. The number of nitrogens with zero attached hydrogens (tertiary/aromatic N) is 3. The van der Waals surface area contributed by atoms with Crippen molar-refractivity contribution in [2.24, 2.45) is 4.99 Å². The lowest BCUT2D eigenvalue weighted by atomic mass is 10.2. The molecular weight excluding hydrogens is 190 g/mol. The lowest BCUT2D eigenvalue weighted by molar-refractivity contribution is 0.420. The van der Waals surface area contributed by atoms with E-state index in [0.717, 1.165) is 22.5 Å². The fraction of sp³-hybridized carbons (Fsp3) is 0.273. The molecule has 0 bridgehead atoms. The summed E-state index contributed by atoms with van der Waals surface area (Å²) in [7, 11) is 3.41. The molecule has 0 fully saturated rings. The van der Waals surface area contributed by atoms with Crippen LogP contribution in [0.4, 0.5) is 0 Å². The van der Waals surface area contributed by atoms with Crippen LogP contribution in [0.1, 0.15) is 6.92 Å². The van der Waals surface area contributed by atoms with Crippen molar-refractivity contribution in [3.63, 3.8) is 0 Å². The van der Waals surface area contributed by atoms with E-state index in [4.69, 9.17) is 4.74 Å². The van der Waals surface area contributed by atoms with Crippen LogP contribution in [0, 0.1) is 0 Å². The number of hydrogen-bond donors (Lipinski definition) is 0. The summed E-state index contributed by atoms with van der Waals surface area (Å²) in [5.41, 5.74) is 1.01. The second kappa shape index (κ2) is 3.73.